The van der Waals surface area contributed by atoms with E-state index in [0.29, 0.717) is 48.0 Å². The fourth-order valence-electron chi connectivity index (χ4n) is 2.88. The first-order chi connectivity index (χ1) is 12.6. The lowest BCUT2D eigenvalue weighted by molar-refractivity contribution is -0.118. The molecule has 1 aliphatic rings. The number of aromatic nitrogens is 5. The monoisotopic (exact) mass is 365 g/mol. The number of amides is 1. The van der Waals surface area contributed by atoms with E-state index in [1.54, 1.807) is 24.3 Å². The number of anilines is 2. The van der Waals surface area contributed by atoms with Gasteiger partial charge in [-0.1, -0.05) is 19.6 Å². The number of nitrogens with one attached hydrogen (secondary N) is 2. The maximum atomic E-state index is 11.5. The molecule has 1 aliphatic carbocycles. The zero-order valence-electron chi connectivity index (χ0n) is 13.7. The number of nitrogens with zero attached hydrogens (tertiary/aromatic N) is 4. The maximum absolute atomic E-state index is 11.5. The molecular weight excluding hydrogens is 346 g/mol. The Morgan fingerprint density at radius 2 is 2.07 bits per heavy atom. The second kappa shape index (κ2) is 7.32. The molecule has 2 heterocycles. The van der Waals surface area contributed by atoms with E-state index >= 15 is 0 Å². The van der Waals surface area contributed by atoms with Gasteiger partial charge in [0.2, 0.25) is 11.9 Å². The molecule has 0 fully saturated rings. The minimum Gasteiger partial charge on any atom is -0.366 e. The summed E-state index contributed by atoms with van der Waals surface area (Å²) in [5.41, 5.74) is 8.15. The fourth-order valence-corrected chi connectivity index (χ4v) is 2.88. The van der Waals surface area contributed by atoms with Gasteiger partial charge in [-0.05, 0) is 18.6 Å². The van der Waals surface area contributed by atoms with Gasteiger partial charge in [0.1, 0.15) is 12.1 Å². The first kappa shape index (κ1) is 18.2. The van der Waals surface area contributed by atoms with Gasteiger partial charge in [-0.25, -0.2) is 9.97 Å². The number of aromatic amines is 1. The summed E-state index contributed by atoms with van der Waals surface area (Å²) in [6, 6.07) is 6.76. The van der Waals surface area contributed by atoms with Crippen LogP contribution in [0.4, 0.5) is 11.8 Å². The summed E-state index contributed by atoms with van der Waals surface area (Å²) < 4.78 is 0. The number of ketones is 1. The Bertz CT molecular complexity index is 1010. The minimum absolute atomic E-state index is 0. The van der Waals surface area contributed by atoms with E-state index in [1.807, 2.05) is 0 Å². The van der Waals surface area contributed by atoms with Crippen LogP contribution in [0.25, 0.3) is 11.4 Å². The van der Waals surface area contributed by atoms with E-state index in [1.165, 1.54) is 6.33 Å². The third kappa shape index (κ3) is 3.66. The quantitative estimate of drug-likeness (QED) is 0.640. The van der Waals surface area contributed by atoms with Crippen LogP contribution in [0.5, 0.6) is 0 Å². The van der Waals surface area contributed by atoms with Gasteiger partial charge >= 0.3 is 0 Å². The van der Waals surface area contributed by atoms with Crippen LogP contribution < -0.4 is 11.1 Å². The van der Waals surface area contributed by atoms with Crippen molar-refractivity contribution in [3.8, 4) is 11.4 Å². The van der Waals surface area contributed by atoms with Crippen molar-refractivity contribution in [3.63, 3.8) is 0 Å². The van der Waals surface area contributed by atoms with Crippen molar-refractivity contribution in [1.82, 2.24) is 25.1 Å². The summed E-state index contributed by atoms with van der Waals surface area (Å²) in [5.74, 6) is 1.02. The molecule has 0 saturated carbocycles. The number of H-pyrrole nitrogens is 1. The molecule has 0 radical (unpaired) electrons. The molecule has 0 aliphatic heterocycles. The molecule has 2 aromatic heterocycles. The van der Waals surface area contributed by atoms with Crippen molar-refractivity contribution < 1.29 is 9.59 Å². The van der Waals surface area contributed by atoms with Gasteiger partial charge in [0.05, 0.1) is 0 Å². The van der Waals surface area contributed by atoms with E-state index in [4.69, 9.17) is 5.73 Å². The van der Waals surface area contributed by atoms with Crippen LogP contribution >= 0.6 is 0 Å². The second-order valence-electron chi connectivity index (χ2n) is 5.95. The molecule has 4 rings (SSSR count). The zero-order valence-corrected chi connectivity index (χ0v) is 13.7. The molecule has 138 valence electrons. The topological polar surface area (TPSA) is 140 Å². The number of nitrogens with two attached hydrogens (primary N) is 1. The lowest BCUT2D eigenvalue weighted by Crippen LogP contribution is -2.13. The van der Waals surface area contributed by atoms with Crippen LogP contribution in [-0.2, 0) is 17.6 Å². The van der Waals surface area contributed by atoms with Crippen molar-refractivity contribution in [2.24, 2.45) is 5.73 Å². The van der Waals surface area contributed by atoms with Gasteiger partial charge in [0.25, 0.3) is 0 Å². The minimum atomic E-state index is -0.517. The lowest BCUT2D eigenvalue weighted by atomic mass is 9.96. The highest BCUT2D eigenvalue weighted by atomic mass is 16.1. The Hall–Kier alpha value is -3.62. The van der Waals surface area contributed by atoms with Crippen LogP contribution in [0.1, 0.15) is 35.5 Å². The van der Waals surface area contributed by atoms with Crippen LogP contribution in [0.2, 0.25) is 0 Å². The molecular formula is C18H19N7O2. The third-order valence-electron chi connectivity index (χ3n) is 4.19. The molecule has 4 N–H and O–H groups in total. The standard InChI is InChI=1S/C17H15N7O2.CH4/c18-14(26)9-2-1-3-10(6-9)15-19-8-20-17(21-15)22-16-12-5-4-11(25)7-13(12)23-24-16;/h1-3,6,8H,4-5,7H2,(H2,18,26)(H2,19,20,21,22,23,24);1H4. The number of Topliss-reactive ketones (excluding diaryl/α,β-unsaturated/α-hetero) is 1. The van der Waals surface area contributed by atoms with Crippen molar-refractivity contribution in [2.45, 2.75) is 26.7 Å². The number of rotatable bonds is 4. The number of hydrogen-bond acceptors (Lipinski definition) is 7. The SMILES string of the molecule is C.NC(=O)c1cccc(-c2ncnc(Nc3n[nH]c4c3CCC(=O)C4)n2)c1. The molecule has 9 heteroatoms. The zero-order chi connectivity index (χ0) is 18.1. The predicted molar refractivity (Wildman–Crippen MR) is 99.4 cm³/mol. The largest absolute Gasteiger partial charge is 0.366 e. The molecule has 0 saturated heterocycles. The lowest BCUT2D eigenvalue weighted by Gasteiger charge is -2.11. The van der Waals surface area contributed by atoms with E-state index in [2.05, 4.69) is 30.5 Å². The summed E-state index contributed by atoms with van der Waals surface area (Å²) in [6.07, 6.45) is 2.88. The Morgan fingerprint density at radius 1 is 1.22 bits per heavy atom. The molecule has 1 amide bonds. The van der Waals surface area contributed by atoms with Gasteiger partial charge in [0, 0.05) is 35.2 Å². The summed E-state index contributed by atoms with van der Waals surface area (Å²) in [7, 11) is 0. The average molecular weight is 365 g/mol. The van der Waals surface area contributed by atoms with E-state index in [0.717, 1.165) is 11.3 Å². The van der Waals surface area contributed by atoms with Gasteiger partial charge in [-0.3, -0.25) is 14.7 Å². The number of benzene rings is 1. The normalized spacial score (nSPS) is 12.8. The Morgan fingerprint density at radius 3 is 2.89 bits per heavy atom. The second-order valence-corrected chi connectivity index (χ2v) is 5.95. The summed E-state index contributed by atoms with van der Waals surface area (Å²) in [6.45, 7) is 0. The molecule has 27 heavy (non-hydrogen) atoms. The van der Waals surface area contributed by atoms with E-state index < -0.39 is 5.91 Å². The Kier molecular flexibility index (Phi) is 4.93. The molecule has 9 nitrogen and oxygen atoms in total. The highest BCUT2D eigenvalue weighted by molar-refractivity contribution is 5.93. The third-order valence-corrected chi connectivity index (χ3v) is 4.19. The Balaban J connectivity index is 0.00000210. The number of hydrogen-bond donors (Lipinski definition) is 3. The van der Waals surface area contributed by atoms with Crippen molar-refractivity contribution >= 4 is 23.5 Å². The molecule has 0 atom stereocenters. The highest BCUT2D eigenvalue weighted by Crippen LogP contribution is 2.26. The van der Waals surface area contributed by atoms with Crippen molar-refractivity contribution in [3.05, 3.63) is 47.4 Å². The number of carbonyl (C=O) groups excluding carboxylic acids is 2. The van der Waals surface area contributed by atoms with Gasteiger partial charge in [-0.15, -0.1) is 0 Å². The highest BCUT2D eigenvalue weighted by Gasteiger charge is 2.22. The van der Waals surface area contributed by atoms with Crippen LogP contribution in [0.3, 0.4) is 0 Å². The summed E-state index contributed by atoms with van der Waals surface area (Å²) >= 11 is 0. The number of primary amides is 1. The van der Waals surface area contributed by atoms with Crippen LogP contribution in [0, 0.1) is 0 Å². The van der Waals surface area contributed by atoms with Crippen LogP contribution in [-0.4, -0.2) is 36.8 Å². The Labute approximate surface area is 155 Å². The number of carbonyl (C=O) groups is 2. The maximum Gasteiger partial charge on any atom is 0.248 e. The van der Waals surface area contributed by atoms with Crippen molar-refractivity contribution in [1.29, 1.82) is 0 Å². The van der Waals surface area contributed by atoms with Crippen molar-refractivity contribution in [2.75, 3.05) is 5.32 Å². The summed E-state index contributed by atoms with van der Waals surface area (Å²) in [4.78, 5) is 35.5. The first-order valence-corrected chi connectivity index (χ1v) is 8.04. The van der Waals surface area contributed by atoms with Gasteiger partial charge in [-0.2, -0.15) is 10.1 Å². The molecule has 0 spiro atoms. The van der Waals surface area contributed by atoms with E-state index in [9.17, 15) is 9.59 Å². The summed E-state index contributed by atoms with van der Waals surface area (Å²) in [5, 5.41) is 10.2. The molecule has 1 aromatic carbocycles. The van der Waals surface area contributed by atoms with Crippen LogP contribution in [0.15, 0.2) is 30.6 Å². The predicted octanol–water partition coefficient (Wildman–Crippen LogP) is 1.80. The van der Waals surface area contributed by atoms with E-state index in [-0.39, 0.29) is 13.2 Å². The first-order valence-electron chi connectivity index (χ1n) is 8.04. The number of fused-ring (bicyclic) bond motifs is 1. The molecule has 0 bridgehead atoms. The fraction of sp³-hybridized carbons (Fsp3) is 0.222. The average Bonchev–Trinajstić information content (AvgIpc) is 3.04. The molecule has 3 aromatic rings. The molecule has 0 unspecified atom stereocenters. The van der Waals surface area contributed by atoms with Gasteiger partial charge in [0.15, 0.2) is 11.6 Å². The smallest absolute Gasteiger partial charge is 0.248 e. The van der Waals surface area contributed by atoms with Gasteiger partial charge < -0.3 is 11.1 Å².